The van der Waals surface area contributed by atoms with Crippen molar-refractivity contribution in [3.05, 3.63) is 46.5 Å². The zero-order valence-corrected chi connectivity index (χ0v) is 15.7. The molecule has 0 aromatic heterocycles. The molecule has 2 rings (SSSR count). The molecule has 4 nitrogen and oxygen atoms in total. The van der Waals surface area contributed by atoms with Crippen molar-refractivity contribution in [2.75, 3.05) is 0 Å². The van der Waals surface area contributed by atoms with Crippen molar-refractivity contribution in [1.82, 2.24) is 0 Å². The highest BCUT2D eigenvalue weighted by atomic mass is 79.9. The lowest BCUT2D eigenvalue weighted by Crippen LogP contribution is -2.45. The number of carbonyl (C=O) groups is 2. The van der Waals surface area contributed by atoms with Crippen LogP contribution in [0.4, 0.5) is 0 Å². The SMILES string of the molecule is CC1=C/C(=N\OC(=O)c2ccc(Cl)cc2)C(Br)C(C)(Br)C1=O. The Morgan fingerprint density at radius 2 is 1.95 bits per heavy atom. The van der Waals surface area contributed by atoms with Crippen LogP contribution in [0.25, 0.3) is 0 Å². The number of halogens is 3. The van der Waals surface area contributed by atoms with Gasteiger partial charge in [-0.05, 0) is 49.8 Å². The van der Waals surface area contributed by atoms with E-state index in [0.29, 0.717) is 21.9 Å². The number of carbonyl (C=O) groups excluding carboxylic acids is 2. The van der Waals surface area contributed by atoms with Crippen LogP contribution in [0.2, 0.25) is 5.02 Å². The van der Waals surface area contributed by atoms with E-state index < -0.39 is 15.1 Å². The standard InChI is InChI=1S/C15H12Br2ClNO3/c1-8-7-11(12(16)15(2,17)13(8)20)19-22-14(21)9-3-5-10(18)6-4-9/h3-7,12H,1-2H3/b19-11+. The van der Waals surface area contributed by atoms with Gasteiger partial charge in [-0.25, -0.2) is 4.79 Å². The molecule has 2 unspecified atom stereocenters. The lowest BCUT2D eigenvalue weighted by Gasteiger charge is -2.30. The van der Waals surface area contributed by atoms with Crippen LogP contribution in [0, 0.1) is 0 Å². The third-order valence-electron chi connectivity index (χ3n) is 3.22. The predicted molar refractivity (Wildman–Crippen MR) is 93.1 cm³/mol. The summed E-state index contributed by atoms with van der Waals surface area (Å²) in [6, 6.07) is 6.29. The fourth-order valence-electron chi connectivity index (χ4n) is 1.94. The second kappa shape index (κ2) is 6.64. The van der Waals surface area contributed by atoms with Gasteiger partial charge >= 0.3 is 5.97 Å². The maximum absolute atomic E-state index is 12.1. The predicted octanol–water partition coefficient (Wildman–Crippen LogP) is 4.30. The Kier molecular flexibility index (Phi) is 5.25. The first-order valence-electron chi connectivity index (χ1n) is 6.34. The molecule has 1 aromatic carbocycles. The summed E-state index contributed by atoms with van der Waals surface area (Å²) < 4.78 is -0.836. The van der Waals surface area contributed by atoms with Crippen molar-refractivity contribution in [1.29, 1.82) is 0 Å². The van der Waals surface area contributed by atoms with Crippen molar-refractivity contribution in [3.8, 4) is 0 Å². The van der Waals surface area contributed by atoms with Gasteiger partial charge < -0.3 is 4.84 Å². The summed E-state index contributed by atoms with van der Waals surface area (Å²) in [7, 11) is 0. The van der Waals surface area contributed by atoms with E-state index in [1.165, 1.54) is 0 Å². The zero-order chi connectivity index (χ0) is 16.5. The van der Waals surface area contributed by atoms with Gasteiger partial charge in [0.1, 0.15) is 4.32 Å². The Morgan fingerprint density at radius 3 is 2.55 bits per heavy atom. The van der Waals surface area contributed by atoms with Crippen LogP contribution in [0.1, 0.15) is 24.2 Å². The Bertz CT molecular complexity index is 681. The minimum atomic E-state index is -0.836. The lowest BCUT2D eigenvalue weighted by molar-refractivity contribution is -0.117. The first kappa shape index (κ1) is 17.4. The van der Waals surface area contributed by atoms with E-state index in [0.717, 1.165) is 0 Å². The van der Waals surface area contributed by atoms with E-state index in [4.69, 9.17) is 16.4 Å². The molecular formula is C15H12Br2ClNO3. The number of rotatable bonds is 2. The second-order valence-electron chi connectivity index (χ2n) is 5.00. The number of alkyl halides is 2. The molecular weight excluding hydrogens is 437 g/mol. The van der Waals surface area contributed by atoms with Gasteiger partial charge in [-0.15, -0.1) is 0 Å². The van der Waals surface area contributed by atoms with Gasteiger partial charge in [0.15, 0.2) is 5.78 Å². The van der Waals surface area contributed by atoms with Crippen molar-refractivity contribution >= 4 is 60.9 Å². The highest BCUT2D eigenvalue weighted by molar-refractivity contribution is 9.13. The minimum absolute atomic E-state index is 0.0441. The highest BCUT2D eigenvalue weighted by Gasteiger charge is 2.43. The monoisotopic (exact) mass is 447 g/mol. The molecule has 0 amide bonds. The van der Waals surface area contributed by atoms with Crippen LogP contribution in [0.15, 0.2) is 41.1 Å². The van der Waals surface area contributed by atoms with Crippen LogP contribution in [-0.2, 0) is 9.63 Å². The number of Topliss-reactive ketones (excluding diaryl/α,β-unsaturated/α-hetero) is 1. The van der Waals surface area contributed by atoms with Gasteiger partial charge in [0.25, 0.3) is 0 Å². The van der Waals surface area contributed by atoms with Crippen LogP contribution < -0.4 is 0 Å². The number of oxime groups is 1. The summed E-state index contributed by atoms with van der Waals surface area (Å²) in [6.45, 7) is 3.43. The highest BCUT2D eigenvalue weighted by Crippen LogP contribution is 2.36. The number of benzene rings is 1. The molecule has 0 spiro atoms. The van der Waals surface area contributed by atoms with E-state index in [-0.39, 0.29) is 5.78 Å². The average molecular weight is 450 g/mol. The molecule has 2 atom stereocenters. The van der Waals surface area contributed by atoms with Gasteiger partial charge in [-0.2, -0.15) is 0 Å². The molecule has 0 heterocycles. The van der Waals surface area contributed by atoms with Gasteiger partial charge in [0.2, 0.25) is 0 Å². The molecule has 0 N–H and O–H groups in total. The summed E-state index contributed by atoms with van der Waals surface area (Å²) in [6.07, 6.45) is 1.60. The molecule has 1 aliphatic carbocycles. The zero-order valence-electron chi connectivity index (χ0n) is 11.8. The molecule has 0 aliphatic heterocycles. The fourth-order valence-corrected chi connectivity index (χ4v) is 3.04. The molecule has 0 saturated heterocycles. The summed E-state index contributed by atoms with van der Waals surface area (Å²) in [5.74, 6) is -0.638. The molecule has 7 heteroatoms. The molecule has 0 fully saturated rings. The van der Waals surface area contributed by atoms with Crippen molar-refractivity contribution in [2.24, 2.45) is 5.16 Å². The number of nitrogens with zero attached hydrogens (tertiary/aromatic N) is 1. The topological polar surface area (TPSA) is 55.7 Å². The van der Waals surface area contributed by atoms with Crippen LogP contribution in [0.3, 0.4) is 0 Å². The number of allylic oxidation sites excluding steroid dienone is 2. The van der Waals surface area contributed by atoms with Gasteiger partial charge in [-0.3, -0.25) is 4.79 Å². The Hall–Kier alpha value is -0.980. The molecule has 0 radical (unpaired) electrons. The van der Waals surface area contributed by atoms with E-state index >= 15 is 0 Å². The van der Waals surface area contributed by atoms with E-state index in [1.54, 1.807) is 44.2 Å². The van der Waals surface area contributed by atoms with Gasteiger partial charge in [0.05, 0.1) is 16.1 Å². The normalized spacial score (nSPS) is 26.8. The number of ketones is 1. The number of hydrogen-bond acceptors (Lipinski definition) is 4. The first-order valence-corrected chi connectivity index (χ1v) is 8.43. The second-order valence-corrected chi connectivity index (χ2v) is 8.00. The third-order valence-corrected chi connectivity index (χ3v) is 6.29. The minimum Gasteiger partial charge on any atom is -0.313 e. The third kappa shape index (κ3) is 3.50. The van der Waals surface area contributed by atoms with Crippen LogP contribution >= 0.6 is 43.5 Å². The van der Waals surface area contributed by atoms with E-state index in [1.807, 2.05) is 0 Å². The van der Waals surface area contributed by atoms with Gasteiger partial charge in [-0.1, -0.05) is 48.6 Å². The Labute approximate surface area is 149 Å². The summed E-state index contributed by atoms with van der Waals surface area (Å²) in [4.78, 5) is 28.5. The maximum Gasteiger partial charge on any atom is 0.365 e. The molecule has 22 heavy (non-hydrogen) atoms. The van der Waals surface area contributed by atoms with Gasteiger partial charge in [0, 0.05) is 5.02 Å². The number of hydrogen-bond donors (Lipinski definition) is 0. The summed E-state index contributed by atoms with van der Waals surface area (Å²) >= 11 is 12.6. The van der Waals surface area contributed by atoms with E-state index in [9.17, 15) is 9.59 Å². The van der Waals surface area contributed by atoms with E-state index in [2.05, 4.69) is 37.0 Å². The largest absolute Gasteiger partial charge is 0.365 e. The molecule has 0 bridgehead atoms. The maximum atomic E-state index is 12.1. The van der Waals surface area contributed by atoms with Crippen molar-refractivity contribution in [2.45, 2.75) is 23.0 Å². The molecule has 0 saturated carbocycles. The Morgan fingerprint density at radius 1 is 1.36 bits per heavy atom. The summed E-state index contributed by atoms with van der Waals surface area (Å²) in [5.41, 5.74) is 1.34. The Balaban J connectivity index is 2.21. The van der Waals surface area contributed by atoms with Crippen molar-refractivity contribution < 1.29 is 14.4 Å². The summed E-state index contributed by atoms with van der Waals surface area (Å²) in [5, 5.41) is 4.40. The molecule has 1 aliphatic rings. The smallest absolute Gasteiger partial charge is 0.313 e. The fraction of sp³-hybridized carbons (Fsp3) is 0.267. The molecule has 116 valence electrons. The first-order chi connectivity index (χ1) is 10.2. The van der Waals surface area contributed by atoms with Crippen LogP contribution in [0.5, 0.6) is 0 Å². The lowest BCUT2D eigenvalue weighted by atomic mass is 9.88. The van der Waals surface area contributed by atoms with Crippen molar-refractivity contribution in [3.63, 3.8) is 0 Å². The quantitative estimate of drug-likeness (QED) is 0.384. The average Bonchev–Trinajstić information content (AvgIpc) is 2.48. The molecule has 1 aromatic rings. The van der Waals surface area contributed by atoms with Crippen LogP contribution in [-0.4, -0.2) is 26.6 Å².